The van der Waals surface area contributed by atoms with Crippen LogP contribution in [0.25, 0.3) is 0 Å². The van der Waals surface area contributed by atoms with Crippen molar-refractivity contribution in [3.05, 3.63) is 64.4 Å². The Morgan fingerprint density at radius 1 is 1.06 bits per heavy atom. The van der Waals surface area contributed by atoms with Crippen molar-refractivity contribution in [2.75, 3.05) is 0 Å². The minimum Gasteiger partial charge on any atom is -0.223 e. The number of hydrogen-bond acceptors (Lipinski definition) is 5. The second-order valence-corrected chi connectivity index (χ2v) is 11.3. The van der Waals surface area contributed by atoms with E-state index in [0.29, 0.717) is 0 Å². The molecule has 0 radical (unpaired) electrons. The normalized spacial score (nSPS) is 21.9. The molecule has 1 N–H and O–H groups in total. The van der Waals surface area contributed by atoms with Crippen molar-refractivity contribution in [2.45, 2.75) is 34.0 Å². The molecule has 166 valence electrons. The Labute approximate surface area is 180 Å². The number of hydrogen-bond donors (Lipinski definition) is 1. The summed E-state index contributed by atoms with van der Waals surface area (Å²) in [5.74, 6) is -0.862. The minimum absolute atomic E-state index is 0.198. The third-order valence-electron chi connectivity index (χ3n) is 5.01. The van der Waals surface area contributed by atoms with E-state index in [0.717, 1.165) is 30.3 Å². The molecule has 1 fully saturated rings. The Morgan fingerprint density at radius 3 is 2.16 bits per heavy atom. The highest BCUT2D eigenvalue weighted by molar-refractivity contribution is 7.92. The third kappa shape index (κ3) is 4.03. The number of alkyl halides is 3. The fourth-order valence-corrected chi connectivity index (χ4v) is 6.63. The highest BCUT2D eigenvalue weighted by Gasteiger charge is 2.59. The monoisotopic (exact) mass is 496 g/mol. The highest BCUT2D eigenvalue weighted by Crippen LogP contribution is 2.52. The number of benzene rings is 2. The lowest BCUT2D eigenvalue weighted by Crippen LogP contribution is -2.58. The maximum Gasteiger partial charge on any atom is 0.511 e. The van der Waals surface area contributed by atoms with Gasteiger partial charge in [0.25, 0.3) is 0 Å². The molecule has 1 saturated carbocycles. The smallest absolute Gasteiger partial charge is 0.223 e. The molecule has 2 aromatic rings. The Bertz CT molecular complexity index is 1270. The van der Waals surface area contributed by atoms with Gasteiger partial charge in [0.05, 0.1) is 16.5 Å². The van der Waals surface area contributed by atoms with Gasteiger partial charge in [-0.25, -0.2) is 25.9 Å². The topological polar surface area (TPSA) is 104 Å². The molecule has 0 unspecified atom stereocenters. The molecule has 0 bridgehead atoms. The van der Waals surface area contributed by atoms with Crippen LogP contribution in [0.4, 0.5) is 17.6 Å². The zero-order valence-electron chi connectivity index (χ0n) is 15.3. The van der Waals surface area contributed by atoms with Gasteiger partial charge in [-0.3, -0.25) is 0 Å². The largest absolute Gasteiger partial charge is 0.511 e. The lowest BCUT2D eigenvalue weighted by Gasteiger charge is -2.47. The Kier molecular flexibility index (Phi) is 5.86. The van der Waals surface area contributed by atoms with E-state index in [1.54, 1.807) is 6.07 Å². The molecule has 31 heavy (non-hydrogen) atoms. The van der Waals surface area contributed by atoms with Crippen molar-refractivity contribution >= 4 is 31.5 Å². The molecule has 0 saturated heterocycles. The number of halogens is 5. The fraction of sp³-hybridized carbons (Fsp3) is 0.278. The number of nitrogens with zero attached hydrogens (tertiary/aromatic N) is 1. The predicted molar refractivity (Wildman–Crippen MR) is 103 cm³/mol. The van der Waals surface area contributed by atoms with E-state index in [2.05, 4.69) is 0 Å². The number of nitriles is 1. The lowest BCUT2D eigenvalue weighted by molar-refractivity contribution is -0.0455. The molecule has 0 spiro atoms. The molecule has 2 aromatic carbocycles. The van der Waals surface area contributed by atoms with Crippen LogP contribution < -0.4 is 4.72 Å². The highest BCUT2D eigenvalue weighted by atomic mass is 35.5. The van der Waals surface area contributed by atoms with Gasteiger partial charge in [-0.05, 0) is 60.9 Å². The average molecular weight is 497 g/mol. The first-order valence-electron chi connectivity index (χ1n) is 8.52. The molecule has 0 atom stereocenters. The minimum atomic E-state index is -5.73. The summed E-state index contributed by atoms with van der Waals surface area (Å²) in [6, 6.07) is 8.04. The van der Waals surface area contributed by atoms with Crippen LogP contribution in [0.5, 0.6) is 0 Å². The lowest BCUT2D eigenvalue weighted by atomic mass is 9.74. The van der Waals surface area contributed by atoms with Crippen molar-refractivity contribution in [3.8, 4) is 6.07 Å². The maximum atomic E-state index is 14.0. The van der Waals surface area contributed by atoms with Gasteiger partial charge in [-0.2, -0.15) is 18.4 Å². The van der Waals surface area contributed by atoms with Crippen LogP contribution in [0, 0.1) is 17.1 Å². The molecule has 1 aliphatic carbocycles. The number of sulfonamides is 1. The first-order valence-corrected chi connectivity index (χ1v) is 11.9. The zero-order valence-corrected chi connectivity index (χ0v) is 17.7. The van der Waals surface area contributed by atoms with E-state index in [4.69, 9.17) is 11.6 Å². The number of sulfone groups is 1. The molecule has 13 heteroatoms. The van der Waals surface area contributed by atoms with Crippen molar-refractivity contribution in [1.29, 1.82) is 5.26 Å². The number of nitrogens with one attached hydrogen (secondary N) is 1. The van der Waals surface area contributed by atoms with E-state index in [-0.39, 0.29) is 21.0 Å². The van der Waals surface area contributed by atoms with Crippen molar-refractivity contribution in [1.82, 2.24) is 4.72 Å². The summed E-state index contributed by atoms with van der Waals surface area (Å²) in [6.45, 7) is 0. The summed E-state index contributed by atoms with van der Waals surface area (Å²) in [5.41, 5.74) is -6.04. The molecule has 0 aromatic heterocycles. The molecule has 1 aliphatic rings. The SMILES string of the molecule is N#Cc1ccc(F)cc1[C@]1(S(=O)(=O)c2ccc(Cl)cc2)C[C@H](NS(=O)(=O)C(F)(F)F)C1. The van der Waals surface area contributed by atoms with Crippen LogP contribution in [0.2, 0.25) is 5.02 Å². The van der Waals surface area contributed by atoms with Gasteiger partial charge in [0.1, 0.15) is 10.6 Å². The molecule has 0 amide bonds. The fourth-order valence-electron chi connectivity index (χ4n) is 3.52. The summed E-state index contributed by atoms with van der Waals surface area (Å²) < 4.78 is 101. The predicted octanol–water partition coefficient (Wildman–Crippen LogP) is 3.62. The van der Waals surface area contributed by atoms with Crippen molar-refractivity contribution in [3.63, 3.8) is 0 Å². The van der Waals surface area contributed by atoms with Crippen LogP contribution >= 0.6 is 11.6 Å². The summed E-state index contributed by atoms with van der Waals surface area (Å²) in [5, 5.41) is 9.60. The van der Waals surface area contributed by atoms with Crippen LogP contribution in [-0.4, -0.2) is 28.4 Å². The molecule has 0 heterocycles. The van der Waals surface area contributed by atoms with Crippen LogP contribution in [0.3, 0.4) is 0 Å². The summed E-state index contributed by atoms with van der Waals surface area (Å²) in [6.07, 6.45) is -1.27. The Morgan fingerprint density at radius 2 is 1.65 bits per heavy atom. The Balaban J connectivity index is 2.12. The molecule has 0 aliphatic heterocycles. The Hall–Kier alpha value is -2.20. The van der Waals surface area contributed by atoms with Gasteiger partial charge in [0.2, 0.25) is 0 Å². The van der Waals surface area contributed by atoms with Gasteiger partial charge in [0, 0.05) is 11.1 Å². The van der Waals surface area contributed by atoms with E-state index < -0.39 is 54.8 Å². The molecule has 3 rings (SSSR count). The third-order valence-corrected chi connectivity index (χ3v) is 8.99. The van der Waals surface area contributed by atoms with Crippen LogP contribution in [-0.2, 0) is 24.6 Å². The zero-order chi connectivity index (χ0) is 23.2. The van der Waals surface area contributed by atoms with Gasteiger partial charge in [-0.15, -0.1) is 0 Å². The van der Waals surface area contributed by atoms with Gasteiger partial charge < -0.3 is 0 Å². The van der Waals surface area contributed by atoms with Gasteiger partial charge in [0.15, 0.2) is 9.84 Å². The maximum absolute atomic E-state index is 14.0. The molecular weight excluding hydrogens is 484 g/mol. The standard InChI is InChI=1S/C18H13ClF4N2O4S2/c19-12-2-5-15(6-3-12)30(26,27)17(16-7-13(20)4-1-11(16)10-24)8-14(9-17)25-31(28,29)18(21,22)23/h1-7,14,25H,8-9H2/t14-,17-. The average Bonchev–Trinajstić information content (AvgIpc) is 2.63. The molecule has 6 nitrogen and oxygen atoms in total. The first kappa shape index (κ1) is 23.5. The van der Waals surface area contributed by atoms with Crippen molar-refractivity contribution < 1.29 is 34.4 Å². The second-order valence-electron chi connectivity index (χ2n) is 6.93. The van der Waals surface area contributed by atoms with E-state index >= 15 is 0 Å². The van der Waals surface area contributed by atoms with Crippen LogP contribution in [0.15, 0.2) is 47.4 Å². The van der Waals surface area contributed by atoms with E-state index in [9.17, 15) is 39.7 Å². The summed E-state index contributed by atoms with van der Waals surface area (Å²) in [4.78, 5) is -0.262. The van der Waals surface area contributed by atoms with Crippen LogP contribution in [0.1, 0.15) is 24.0 Å². The first-order chi connectivity index (χ1) is 14.2. The second kappa shape index (κ2) is 7.74. The summed E-state index contributed by atoms with van der Waals surface area (Å²) in [7, 11) is -10.1. The van der Waals surface area contributed by atoms with Gasteiger partial charge >= 0.3 is 15.5 Å². The number of rotatable bonds is 5. The van der Waals surface area contributed by atoms with Gasteiger partial charge in [-0.1, -0.05) is 11.6 Å². The van der Waals surface area contributed by atoms with E-state index in [1.807, 2.05) is 0 Å². The van der Waals surface area contributed by atoms with E-state index in [1.165, 1.54) is 16.9 Å². The van der Waals surface area contributed by atoms with Crippen molar-refractivity contribution in [2.24, 2.45) is 0 Å². The molecular formula is C18H13ClF4N2O4S2. The quantitative estimate of drug-likeness (QED) is 0.637. The summed E-state index contributed by atoms with van der Waals surface area (Å²) >= 11 is 5.78.